The fourth-order valence-electron chi connectivity index (χ4n) is 1.75. The molecule has 0 saturated heterocycles. The van der Waals surface area contributed by atoms with Crippen LogP contribution >= 0.6 is 31.9 Å². The van der Waals surface area contributed by atoms with Crippen molar-refractivity contribution in [3.8, 4) is 0 Å². The maximum Gasteiger partial charge on any atom is 0.274 e. The summed E-state index contributed by atoms with van der Waals surface area (Å²) in [5.41, 5.74) is 1.31. The first-order valence-electron chi connectivity index (χ1n) is 5.90. The van der Waals surface area contributed by atoms with Crippen molar-refractivity contribution in [3.05, 3.63) is 66.6 Å². The Morgan fingerprint density at radius 3 is 2.38 bits per heavy atom. The van der Waals surface area contributed by atoms with Crippen LogP contribution in [-0.2, 0) is 0 Å². The van der Waals surface area contributed by atoms with Crippen LogP contribution in [0.2, 0.25) is 0 Å². The SMILES string of the molecule is Cc1cc(Br)c(NC(=O)c2ccc(Br)cc2)cc1[N+](=O)[O-]. The lowest BCUT2D eigenvalue weighted by Gasteiger charge is -2.09. The van der Waals surface area contributed by atoms with Crippen molar-refractivity contribution in [3.63, 3.8) is 0 Å². The Labute approximate surface area is 137 Å². The quantitative estimate of drug-likeness (QED) is 0.586. The van der Waals surface area contributed by atoms with E-state index in [1.165, 1.54) is 6.07 Å². The average molecular weight is 414 g/mol. The smallest absolute Gasteiger partial charge is 0.274 e. The summed E-state index contributed by atoms with van der Waals surface area (Å²) in [6.45, 7) is 1.64. The number of nitro benzene ring substituents is 1. The molecule has 2 aromatic rings. The van der Waals surface area contributed by atoms with Gasteiger partial charge in [-0.1, -0.05) is 15.9 Å². The van der Waals surface area contributed by atoms with Gasteiger partial charge >= 0.3 is 0 Å². The minimum atomic E-state index is -0.475. The first kappa shape index (κ1) is 15.7. The standard InChI is InChI=1S/C14H10Br2N2O3/c1-8-6-11(16)12(7-13(8)18(20)21)17-14(19)9-2-4-10(15)5-3-9/h2-7H,1H3,(H,17,19). The Hall–Kier alpha value is -1.73. The number of hydrogen-bond acceptors (Lipinski definition) is 3. The molecule has 1 amide bonds. The second-order valence-electron chi connectivity index (χ2n) is 4.34. The van der Waals surface area contributed by atoms with Gasteiger partial charge in [-0.25, -0.2) is 0 Å². The van der Waals surface area contributed by atoms with E-state index in [9.17, 15) is 14.9 Å². The number of rotatable bonds is 3. The van der Waals surface area contributed by atoms with Gasteiger partial charge in [0.2, 0.25) is 0 Å². The van der Waals surface area contributed by atoms with Crippen LogP contribution in [-0.4, -0.2) is 10.8 Å². The fourth-order valence-corrected chi connectivity index (χ4v) is 2.57. The summed E-state index contributed by atoms with van der Waals surface area (Å²) in [7, 11) is 0. The highest BCUT2D eigenvalue weighted by Gasteiger charge is 2.16. The highest BCUT2D eigenvalue weighted by molar-refractivity contribution is 9.10. The Morgan fingerprint density at radius 2 is 1.81 bits per heavy atom. The molecule has 0 aliphatic rings. The zero-order valence-corrected chi connectivity index (χ0v) is 14.1. The van der Waals surface area contributed by atoms with E-state index < -0.39 is 4.92 Å². The van der Waals surface area contributed by atoms with Crippen LogP contribution in [0.4, 0.5) is 11.4 Å². The lowest BCUT2D eigenvalue weighted by molar-refractivity contribution is -0.385. The van der Waals surface area contributed by atoms with Gasteiger partial charge in [0.05, 0.1) is 10.6 Å². The summed E-state index contributed by atoms with van der Waals surface area (Å²) < 4.78 is 1.46. The van der Waals surface area contributed by atoms with E-state index in [4.69, 9.17) is 0 Å². The first-order chi connectivity index (χ1) is 9.88. The lowest BCUT2D eigenvalue weighted by Crippen LogP contribution is -2.12. The van der Waals surface area contributed by atoms with Crippen LogP contribution < -0.4 is 5.32 Å². The minimum Gasteiger partial charge on any atom is -0.321 e. The first-order valence-corrected chi connectivity index (χ1v) is 7.48. The van der Waals surface area contributed by atoms with Crippen molar-refractivity contribution in [1.82, 2.24) is 0 Å². The molecule has 0 aliphatic carbocycles. The van der Waals surface area contributed by atoms with Gasteiger partial charge in [-0.05, 0) is 53.2 Å². The van der Waals surface area contributed by atoms with Crippen molar-refractivity contribution >= 4 is 49.1 Å². The number of amides is 1. The predicted molar refractivity (Wildman–Crippen MR) is 87.6 cm³/mol. The number of nitrogens with one attached hydrogen (secondary N) is 1. The number of benzene rings is 2. The summed E-state index contributed by atoms with van der Waals surface area (Å²) in [5.74, 6) is -0.332. The molecule has 2 rings (SSSR count). The molecule has 7 heteroatoms. The minimum absolute atomic E-state index is 0.0377. The zero-order chi connectivity index (χ0) is 15.6. The van der Waals surface area contributed by atoms with E-state index >= 15 is 0 Å². The maximum atomic E-state index is 12.1. The molecule has 0 saturated carbocycles. The van der Waals surface area contributed by atoms with Crippen molar-refractivity contribution < 1.29 is 9.72 Å². The number of nitro groups is 1. The van der Waals surface area contributed by atoms with Gasteiger partial charge in [-0.3, -0.25) is 14.9 Å². The number of hydrogen-bond donors (Lipinski definition) is 1. The van der Waals surface area contributed by atoms with Crippen LogP contribution in [0.25, 0.3) is 0 Å². The number of anilines is 1. The third-order valence-electron chi connectivity index (χ3n) is 2.84. The molecule has 0 spiro atoms. The molecule has 0 atom stereocenters. The molecule has 0 bridgehead atoms. The molecule has 1 N–H and O–H groups in total. The van der Waals surface area contributed by atoms with Gasteiger partial charge in [-0.15, -0.1) is 0 Å². The summed E-state index contributed by atoms with van der Waals surface area (Å²) in [5, 5.41) is 13.6. The number of aryl methyl sites for hydroxylation is 1. The van der Waals surface area contributed by atoms with Gasteiger partial charge in [0, 0.05) is 26.1 Å². The number of nitrogens with zero attached hydrogens (tertiary/aromatic N) is 1. The van der Waals surface area contributed by atoms with Gasteiger partial charge in [0.25, 0.3) is 11.6 Å². The molecule has 0 aromatic heterocycles. The number of carbonyl (C=O) groups excluding carboxylic acids is 1. The second-order valence-corrected chi connectivity index (χ2v) is 6.11. The van der Waals surface area contributed by atoms with Crippen molar-refractivity contribution in [2.24, 2.45) is 0 Å². The summed E-state index contributed by atoms with van der Waals surface area (Å²) in [6, 6.07) is 9.78. The van der Waals surface area contributed by atoms with E-state index in [1.54, 1.807) is 37.3 Å². The van der Waals surface area contributed by atoms with E-state index in [0.717, 1.165) is 4.47 Å². The summed E-state index contributed by atoms with van der Waals surface area (Å²) >= 11 is 6.59. The molecule has 21 heavy (non-hydrogen) atoms. The highest BCUT2D eigenvalue weighted by Crippen LogP contribution is 2.31. The van der Waals surface area contributed by atoms with Crippen molar-refractivity contribution in [2.45, 2.75) is 6.92 Å². The number of halogens is 2. The van der Waals surface area contributed by atoms with E-state index in [0.29, 0.717) is 21.3 Å². The molecule has 0 unspecified atom stereocenters. The molecule has 108 valence electrons. The predicted octanol–water partition coefficient (Wildman–Crippen LogP) is 4.68. The van der Waals surface area contributed by atoms with Crippen molar-refractivity contribution in [1.29, 1.82) is 0 Å². The summed E-state index contributed by atoms with van der Waals surface area (Å²) in [6.07, 6.45) is 0. The molecule has 0 aliphatic heterocycles. The highest BCUT2D eigenvalue weighted by atomic mass is 79.9. The Balaban J connectivity index is 2.30. The molecular weight excluding hydrogens is 404 g/mol. The molecule has 0 fully saturated rings. The third-order valence-corrected chi connectivity index (χ3v) is 4.02. The molecule has 5 nitrogen and oxygen atoms in total. The second kappa shape index (κ2) is 6.36. The van der Waals surface area contributed by atoms with Crippen molar-refractivity contribution in [2.75, 3.05) is 5.32 Å². The lowest BCUT2D eigenvalue weighted by atomic mass is 10.1. The third kappa shape index (κ3) is 3.68. The van der Waals surface area contributed by atoms with E-state index in [1.807, 2.05) is 0 Å². The molecular formula is C14H10Br2N2O3. The molecule has 2 aromatic carbocycles. The maximum absolute atomic E-state index is 12.1. The molecule has 0 radical (unpaired) electrons. The molecule has 0 heterocycles. The van der Waals surface area contributed by atoms with Gasteiger partial charge in [-0.2, -0.15) is 0 Å². The average Bonchev–Trinajstić information content (AvgIpc) is 2.42. The van der Waals surface area contributed by atoms with Crippen LogP contribution in [0, 0.1) is 17.0 Å². The monoisotopic (exact) mass is 412 g/mol. The van der Waals surface area contributed by atoms with Crippen LogP contribution in [0.3, 0.4) is 0 Å². The van der Waals surface area contributed by atoms with Crippen LogP contribution in [0.1, 0.15) is 15.9 Å². The Morgan fingerprint density at radius 1 is 1.19 bits per heavy atom. The van der Waals surface area contributed by atoms with E-state index in [2.05, 4.69) is 37.2 Å². The normalized spacial score (nSPS) is 10.2. The fraction of sp³-hybridized carbons (Fsp3) is 0.0714. The Kier molecular flexibility index (Phi) is 4.74. The van der Waals surface area contributed by atoms with Gasteiger partial charge < -0.3 is 5.32 Å². The van der Waals surface area contributed by atoms with Gasteiger partial charge in [0.15, 0.2) is 0 Å². The van der Waals surface area contributed by atoms with E-state index in [-0.39, 0.29) is 11.6 Å². The van der Waals surface area contributed by atoms with Crippen LogP contribution in [0.15, 0.2) is 45.3 Å². The largest absolute Gasteiger partial charge is 0.321 e. The Bertz CT molecular complexity index is 715. The summed E-state index contributed by atoms with van der Waals surface area (Å²) in [4.78, 5) is 22.6. The van der Waals surface area contributed by atoms with Gasteiger partial charge in [0.1, 0.15) is 0 Å². The van der Waals surface area contributed by atoms with Crippen LogP contribution in [0.5, 0.6) is 0 Å². The zero-order valence-electron chi connectivity index (χ0n) is 10.9. The topological polar surface area (TPSA) is 72.2 Å². The number of carbonyl (C=O) groups is 1.